The molecular formula is C20H22O5. The molecule has 0 atom stereocenters. The molecule has 0 saturated heterocycles. The van der Waals surface area contributed by atoms with E-state index in [1.807, 2.05) is 43.3 Å². The van der Waals surface area contributed by atoms with Crippen molar-refractivity contribution in [2.75, 3.05) is 13.7 Å². The number of hydrogen-bond donors (Lipinski definition) is 0. The van der Waals surface area contributed by atoms with Gasteiger partial charge in [-0.15, -0.1) is 0 Å². The van der Waals surface area contributed by atoms with Crippen molar-refractivity contribution < 1.29 is 23.8 Å². The number of esters is 1. The fourth-order valence-electron chi connectivity index (χ4n) is 2.42. The Morgan fingerprint density at radius 2 is 1.84 bits per heavy atom. The minimum Gasteiger partial charge on any atom is -0.497 e. The van der Waals surface area contributed by atoms with Crippen LogP contribution in [0, 0.1) is 6.92 Å². The van der Waals surface area contributed by atoms with E-state index in [4.69, 9.17) is 14.2 Å². The zero-order valence-electron chi connectivity index (χ0n) is 14.7. The monoisotopic (exact) mass is 342 g/mol. The summed E-state index contributed by atoms with van der Waals surface area (Å²) in [5, 5.41) is 0. The van der Waals surface area contributed by atoms with Gasteiger partial charge in [0, 0.05) is 12.0 Å². The molecule has 0 unspecified atom stereocenters. The second kappa shape index (κ2) is 8.99. The molecule has 0 fully saturated rings. The molecule has 5 nitrogen and oxygen atoms in total. The van der Waals surface area contributed by atoms with E-state index in [0.29, 0.717) is 11.3 Å². The van der Waals surface area contributed by atoms with Gasteiger partial charge in [0.25, 0.3) is 0 Å². The molecule has 0 aliphatic heterocycles. The molecule has 0 aromatic heterocycles. The van der Waals surface area contributed by atoms with E-state index >= 15 is 0 Å². The van der Waals surface area contributed by atoms with Gasteiger partial charge in [-0.3, -0.25) is 4.79 Å². The zero-order chi connectivity index (χ0) is 18.2. The summed E-state index contributed by atoms with van der Waals surface area (Å²) in [6, 6.07) is 12.9. The van der Waals surface area contributed by atoms with Crippen LogP contribution in [0.1, 0.15) is 23.6 Å². The van der Waals surface area contributed by atoms with E-state index in [-0.39, 0.29) is 25.4 Å². The van der Waals surface area contributed by atoms with Crippen molar-refractivity contribution >= 4 is 11.8 Å². The molecule has 5 heteroatoms. The maximum Gasteiger partial charge on any atom is 0.337 e. The van der Waals surface area contributed by atoms with Gasteiger partial charge in [0.1, 0.15) is 23.9 Å². The maximum atomic E-state index is 12.1. The number of methoxy groups -OCH3 is 1. The Hall–Kier alpha value is -2.66. The summed E-state index contributed by atoms with van der Waals surface area (Å²) in [4.78, 5) is 23.4. The molecule has 2 aromatic carbocycles. The Kier molecular flexibility index (Phi) is 6.71. The summed E-state index contributed by atoms with van der Waals surface area (Å²) in [6.45, 7) is 3.44. The number of benzene rings is 2. The van der Waals surface area contributed by atoms with Crippen LogP contribution >= 0.6 is 0 Å². The highest BCUT2D eigenvalue weighted by Crippen LogP contribution is 2.24. The van der Waals surface area contributed by atoms with Gasteiger partial charge < -0.3 is 14.2 Å². The topological polar surface area (TPSA) is 61.8 Å². The third-order valence-electron chi connectivity index (χ3n) is 3.57. The lowest BCUT2D eigenvalue weighted by atomic mass is 10.1. The van der Waals surface area contributed by atoms with Crippen LogP contribution in [0.25, 0.3) is 0 Å². The summed E-state index contributed by atoms with van der Waals surface area (Å²) in [7, 11) is 1.60. The number of rotatable bonds is 8. The Bertz CT molecular complexity index is 752. The van der Waals surface area contributed by atoms with Crippen molar-refractivity contribution in [2.45, 2.75) is 26.9 Å². The number of Topliss-reactive ketones (excluding diaryl/α,β-unsaturated/α-hetero) is 1. The van der Waals surface area contributed by atoms with E-state index in [1.165, 1.54) is 6.92 Å². The fraction of sp³-hybridized carbons (Fsp3) is 0.300. The van der Waals surface area contributed by atoms with Crippen molar-refractivity contribution in [1.29, 1.82) is 0 Å². The molecule has 25 heavy (non-hydrogen) atoms. The van der Waals surface area contributed by atoms with Gasteiger partial charge in [-0.1, -0.05) is 30.3 Å². The minimum absolute atomic E-state index is 0.0113. The highest BCUT2D eigenvalue weighted by molar-refractivity contribution is 5.80. The molecule has 0 saturated carbocycles. The average molecular weight is 342 g/mol. The smallest absolute Gasteiger partial charge is 0.337 e. The number of carbonyl (C=O) groups excluding carboxylic acids is 2. The molecule has 0 bridgehead atoms. The van der Waals surface area contributed by atoms with Crippen molar-refractivity contribution in [1.82, 2.24) is 0 Å². The normalized spacial score (nSPS) is 10.4. The minimum atomic E-state index is -0.498. The average Bonchev–Trinajstić information content (AvgIpc) is 2.58. The van der Waals surface area contributed by atoms with Crippen LogP contribution in [0.3, 0.4) is 0 Å². The van der Waals surface area contributed by atoms with Crippen LogP contribution in [0.4, 0.5) is 0 Å². The molecular weight excluding hydrogens is 320 g/mol. The fourth-order valence-corrected chi connectivity index (χ4v) is 2.42. The molecule has 0 N–H and O–H groups in total. The standard InChI is InChI=1S/C20H22O5/c1-14-6-4-8-17(10-15(2)21)20(14)25-19(22)13-24-12-16-7-5-9-18(11-16)23-3/h4-9,11H,10,12-13H2,1-3H3. The van der Waals surface area contributed by atoms with E-state index in [1.54, 1.807) is 13.2 Å². The first kappa shape index (κ1) is 18.7. The summed E-state index contributed by atoms with van der Waals surface area (Å²) >= 11 is 0. The number of ketones is 1. The number of para-hydroxylation sites is 1. The van der Waals surface area contributed by atoms with Crippen molar-refractivity contribution in [3.63, 3.8) is 0 Å². The van der Waals surface area contributed by atoms with Gasteiger partial charge in [-0.2, -0.15) is 0 Å². The van der Waals surface area contributed by atoms with Gasteiger partial charge in [-0.25, -0.2) is 4.79 Å². The number of carbonyl (C=O) groups is 2. The van der Waals surface area contributed by atoms with Crippen LogP contribution in [-0.2, 0) is 27.4 Å². The Balaban J connectivity index is 1.93. The third kappa shape index (κ3) is 5.72. The summed E-state index contributed by atoms with van der Waals surface area (Å²) in [5.41, 5.74) is 2.41. The van der Waals surface area contributed by atoms with Crippen LogP contribution in [0.2, 0.25) is 0 Å². The largest absolute Gasteiger partial charge is 0.497 e. The van der Waals surface area contributed by atoms with E-state index in [2.05, 4.69) is 0 Å². The predicted octanol–water partition coefficient (Wildman–Crippen LogP) is 3.26. The highest BCUT2D eigenvalue weighted by Gasteiger charge is 2.13. The van der Waals surface area contributed by atoms with E-state index < -0.39 is 5.97 Å². The van der Waals surface area contributed by atoms with E-state index in [9.17, 15) is 9.59 Å². The summed E-state index contributed by atoms with van der Waals surface area (Å²) < 4.78 is 16.0. The Labute approximate surface area is 147 Å². The van der Waals surface area contributed by atoms with E-state index in [0.717, 1.165) is 16.9 Å². The molecule has 0 spiro atoms. The van der Waals surface area contributed by atoms with Crippen LogP contribution < -0.4 is 9.47 Å². The zero-order valence-corrected chi connectivity index (χ0v) is 14.7. The van der Waals surface area contributed by atoms with Crippen molar-refractivity contribution in [2.24, 2.45) is 0 Å². The van der Waals surface area contributed by atoms with Gasteiger partial charge in [-0.05, 0) is 37.1 Å². The second-order valence-electron chi connectivity index (χ2n) is 5.76. The Morgan fingerprint density at radius 3 is 2.56 bits per heavy atom. The van der Waals surface area contributed by atoms with Crippen LogP contribution in [0.15, 0.2) is 42.5 Å². The molecule has 0 radical (unpaired) electrons. The predicted molar refractivity (Wildman–Crippen MR) is 93.8 cm³/mol. The van der Waals surface area contributed by atoms with Crippen molar-refractivity contribution in [3.8, 4) is 11.5 Å². The molecule has 0 aliphatic carbocycles. The molecule has 2 aromatic rings. The quantitative estimate of drug-likeness (QED) is 0.544. The second-order valence-corrected chi connectivity index (χ2v) is 5.76. The maximum absolute atomic E-state index is 12.1. The number of hydrogen-bond acceptors (Lipinski definition) is 5. The first-order valence-electron chi connectivity index (χ1n) is 7.99. The van der Waals surface area contributed by atoms with Gasteiger partial charge in [0.05, 0.1) is 13.7 Å². The number of aryl methyl sites for hydroxylation is 1. The SMILES string of the molecule is COc1cccc(COCC(=O)Oc2c(C)cccc2CC(C)=O)c1. The number of ether oxygens (including phenoxy) is 3. The van der Waals surface area contributed by atoms with Crippen LogP contribution in [0.5, 0.6) is 11.5 Å². The molecule has 0 heterocycles. The van der Waals surface area contributed by atoms with Gasteiger partial charge in [0.2, 0.25) is 0 Å². The third-order valence-corrected chi connectivity index (χ3v) is 3.57. The summed E-state index contributed by atoms with van der Waals surface area (Å²) in [5.74, 6) is 0.685. The molecule has 0 aliphatic rings. The molecule has 132 valence electrons. The first-order chi connectivity index (χ1) is 12.0. The van der Waals surface area contributed by atoms with Crippen molar-refractivity contribution in [3.05, 3.63) is 59.2 Å². The Morgan fingerprint density at radius 1 is 1.08 bits per heavy atom. The lowest BCUT2D eigenvalue weighted by molar-refractivity contribution is -0.140. The summed E-state index contributed by atoms with van der Waals surface area (Å²) in [6.07, 6.45) is 0.231. The molecule has 0 amide bonds. The first-order valence-corrected chi connectivity index (χ1v) is 7.99. The lowest BCUT2D eigenvalue weighted by Crippen LogP contribution is -2.17. The lowest BCUT2D eigenvalue weighted by Gasteiger charge is -2.12. The van der Waals surface area contributed by atoms with Gasteiger partial charge in [0.15, 0.2) is 0 Å². The van der Waals surface area contributed by atoms with Gasteiger partial charge >= 0.3 is 5.97 Å². The highest BCUT2D eigenvalue weighted by atomic mass is 16.6. The molecule has 2 rings (SSSR count). The van der Waals surface area contributed by atoms with Crippen LogP contribution in [-0.4, -0.2) is 25.5 Å².